The Balaban J connectivity index is 2.11. The molecule has 1 unspecified atom stereocenters. The molecular weight excluding hydrogens is 276 g/mol. The van der Waals surface area contributed by atoms with Crippen LogP contribution >= 0.6 is 11.6 Å². The Morgan fingerprint density at radius 3 is 1.86 bits per heavy atom. The average molecular weight is 307 g/mol. The second-order valence-electron chi connectivity index (χ2n) is 8.19. The predicted molar refractivity (Wildman–Crippen MR) is 94.2 cm³/mol. The Morgan fingerprint density at radius 2 is 1.43 bits per heavy atom. The first-order chi connectivity index (χ1) is 9.70. The van der Waals surface area contributed by atoms with Crippen LogP contribution in [0.3, 0.4) is 0 Å². The van der Waals surface area contributed by atoms with E-state index in [-0.39, 0.29) is 5.38 Å². The van der Waals surface area contributed by atoms with Crippen LogP contribution in [0, 0.1) is 38.0 Å². The Morgan fingerprint density at radius 1 is 0.952 bits per heavy atom. The first-order valence-corrected chi connectivity index (χ1v) is 8.85. The lowest BCUT2D eigenvalue weighted by atomic mass is 9.68. The summed E-state index contributed by atoms with van der Waals surface area (Å²) in [6, 6.07) is 4.55. The highest BCUT2D eigenvalue weighted by Crippen LogP contribution is 2.46. The quantitative estimate of drug-likeness (QED) is 0.530. The van der Waals surface area contributed by atoms with Crippen LogP contribution in [0.25, 0.3) is 0 Å². The molecule has 0 nitrogen and oxygen atoms in total. The summed E-state index contributed by atoms with van der Waals surface area (Å²) < 4.78 is 0. The average Bonchev–Trinajstić information content (AvgIpc) is 2.36. The van der Waals surface area contributed by atoms with E-state index in [1.807, 2.05) is 0 Å². The van der Waals surface area contributed by atoms with Crippen molar-refractivity contribution in [2.24, 2.45) is 17.3 Å². The van der Waals surface area contributed by atoms with Gasteiger partial charge in [-0.1, -0.05) is 38.5 Å². The van der Waals surface area contributed by atoms with Crippen molar-refractivity contribution in [2.75, 3.05) is 0 Å². The third-order valence-corrected chi connectivity index (χ3v) is 6.00. The standard InChI is InChI=1S/C20H31Cl/c1-13-11-14(2)18(15(3)12-13)19(21)16-7-9-17(10-8-16)20(4,5)6/h11-12,16-17,19H,7-10H2,1-6H3. The maximum Gasteiger partial charge on any atom is 0.0618 e. The van der Waals surface area contributed by atoms with E-state index in [1.165, 1.54) is 47.9 Å². The molecule has 0 aliphatic heterocycles. The molecule has 1 heteroatoms. The molecule has 1 fully saturated rings. The van der Waals surface area contributed by atoms with Crippen molar-refractivity contribution >= 4 is 11.6 Å². The molecule has 0 amide bonds. The largest absolute Gasteiger partial charge is 0.118 e. The topological polar surface area (TPSA) is 0 Å². The van der Waals surface area contributed by atoms with Crippen LogP contribution in [0.5, 0.6) is 0 Å². The maximum absolute atomic E-state index is 6.91. The van der Waals surface area contributed by atoms with Crippen molar-refractivity contribution in [2.45, 2.75) is 72.6 Å². The van der Waals surface area contributed by atoms with Crippen LogP contribution in [0.1, 0.15) is 74.1 Å². The summed E-state index contributed by atoms with van der Waals surface area (Å²) in [5.41, 5.74) is 5.91. The van der Waals surface area contributed by atoms with E-state index < -0.39 is 0 Å². The van der Waals surface area contributed by atoms with Gasteiger partial charge in [0, 0.05) is 0 Å². The van der Waals surface area contributed by atoms with Crippen LogP contribution in [0.2, 0.25) is 0 Å². The third kappa shape index (κ3) is 3.83. The second-order valence-corrected chi connectivity index (χ2v) is 8.66. The molecule has 2 rings (SSSR count). The van der Waals surface area contributed by atoms with Gasteiger partial charge in [0.25, 0.3) is 0 Å². The van der Waals surface area contributed by atoms with Crippen molar-refractivity contribution in [1.82, 2.24) is 0 Å². The molecular formula is C20H31Cl. The Bertz CT molecular complexity index is 464. The molecule has 1 aliphatic carbocycles. The van der Waals surface area contributed by atoms with Gasteiger partial charge < -0.3 is 0 Å². The highest BCUT2D eigenvalue weighted by Gasteiger charge is 2.33. The molecule has 0 radical (unpaired) electrons. The normalized spacial score (nSPS) is 24.9. The number of halogens is 1. The molecule has 0 bridgehead atoms. The van der Waals surface area contributed by atoms with Crippen LogP contribution in [-0.4, -0.2) is 0 Å². The van der Waals surface area contributed by atoms with Gasteiger partial charge in [0.05, 0.1) is 5.38 Å². The van der Waals surface area contributed by atoms with E-state index in [0.29, 0.717) is 11.3 Å². The minimum atomic E-state index is 0.187. The lowest BCUT2D eigenvalue weighted by molar-refractivity contribution is 0.148. The first kappa shape index (κ1) is 16.9. The van der Waals surface area contributed by atoms with E-state index in [2.05, 4.69) is 53.7 Å². The van der Waals surface area contributed by atoms with Gasteiger partial charge in [-0.15, -0.1) is 11.6 Å². The van der Waals surface area contributed by atoms with Crippen LogP contribution in [-0.2, 0) is 0 Å². The number of aryl methyl sites for hydroxylation is 3. The van der Waals surface area contributed by atoms with Crippen molar-refractivity contribution in [3.8, 4) is 0 Å². The number of alkyl halides is 1. The Labute approximate surface area is 136 Å². The minimum Gasteiger partial charge on any atom is -0.118 e. The molecule has 1 aliphatic rings. The van der Waals surface area contributed by atoms with Gasteiger partial charge in [0.15, 0.2) is 0 Å². The molecule has 1 aromatic carbocycles. The SMILES string of the molecule is Cc1cc(C)c(C(Cl)C2CCC(C(C)(C)C)CC2)c(C)c1. The molecule has 0 saturated heterocycles. The molecule has 1 saturated carbocycles. The molecule has 1 atom stereocenters. The highest BCUT2D eigenvalue weighted by atomic mass is 35.5. The summed E-state index contributed by atoms with van der Waals surface area (Å²) in [6.45, 7) is 13.7. The molecule has 0 aromatic heterocycles. The van der Waals surface area contributed by atoms with Gasteiger partial charge in [0.2, 0.25) is 0 Å². The summed E-state index contributed by atoms with van der Waals surface area (Å²) in [5, 5.41) is 0.187. The monoisotopic (exact) mass is 306 g/mol. The van der Waals surface area contributed by atoms with Gasteiger partial charge in [-0.2, -0.15) is 0 Å². The van der Waals surface area contributed by atoms with Gasteiger partial charge in [0.1, 0.15) is 0 Å². The van der Waals surface area contributed by atoms with E-state index in [4.69, 9.17) is 11.6 Å². The molecule has 0 N–H and O–H groups in total. The zero-order valence-corrected chi connectivity index (χ0v) is 15.3. The van der Waals surface area contributed by atoms with Crippen molar-refractivity contribution in [1.29, 1.82) is 0 Å². The Kier molecular flexibility index (Phi) is 5.08. The van der Waals surface area contributed by atoms with E-state index in [9.17, 15) is 0 Å². The first-order valence-electron chi connectivity index (χ1n) is 8.42. The van der Waals surface area contributed by atoms with E-state index in [1.54, 1.807) is 0 Å². The molecule has 1 aromatic rings. The van der Waals surface area contributed by atoms with Gasteiger partial charge >= 0.3 is 0 Å². The zero-order chi connectivity index (χ0) is 15.8. The summed E-state index contributed by atoms with van der Waals surface area (Å²) in [7, 11) is 0. The zero-order valence-electron chi connectivity index (χ0n) is 14.6. The number of hydrogen-bond acceptors (Lipinski definition) is 0. The van der Waals surface area contributed by atoms with E-state index in [0.717, 1.165) is 5.92 Å². The van der Waals surface area contributed by atoms with Crippen molar-refractivity contribution < 1.29 is 0 Å². The maximum atomic E-state index is 6.91. The summed E-state index contributed by atoms with van der Waals surface area (Å²) in [4.78, 5) is 0. The highest BCUT2D eigenvalue weighted by molar-refractivity contribution is 6.21. The lowest BCUT2D eigenvalue weighted by Gasteiger charge is -2.38. The molecule has 0 heterocycles. The molecule has 0 spiro atoms. The number of benzene rings is 1. The minimum absolute atomic E-state index is 0.187. The lowest BCUT2D eigenvalue weighted by Crippen LogP contribution is -2.27. The number of rotatable bonds is 2. The second kappa shape index (κ2) is 6.32. The fraction of sp³-hybridized carbons (Fsp3) is 0.700. The number of hydrogen-bond donors (Lipinski definition) is 0. The van der Waals surface area contributed by atoms with Crippen molar-refractivity contribution in [3.63, 3.8) is 0 Å². The van der Waals surface area contributed by atoms with Crippen LogP contribution < -0.4 is 0 Å². The molecule has 118 valence electrons. The smallest absolute Gasteiger partial charge is 0.0618 e. The Hall–Kier alpha value is -0.490. The fourth-order valence-electron chi connectivity index (χ4n) is 4.14. The van der Waals surface area contributed by atoms with Gasteiger partial charge in [-0.3, -0.25) is 0 Å². The summed E-state index contributed by atoms with van der Waals surface area (Å²) in [6.07, 6.45) is 5.23. The third-order valence-electron chi connectivity index (χ3n) is 5.42. The van der Waals surface area contributed by atoms with E-state index >= 15 is 0 Å². The van der Waals surface area contributed by atoms with Crippen molar-refractivity contribution in [3.05, 3.63) is 34.4 Å². The summed E-state index contributed by atoms with van der Waals surface area (Å²) >= 11 is 6.91. The van der Waals surface area contributed by atoms with Crippen LogP contribution in [0.4, 0.5) is 0 Å². The van der Waals surface area contributed by atoms with Crippen LogP contribution in [0.15, 0.2) is 12.1 Å². The molecule has 21 heavy (non-hydrogen) atoms. The predicted octanol–water partition coefficient (Wildman–Crippen LogP) is 6.74. The summed E-state index contributed by atoms with van der Waals surface area (Å²) in [5.74, 6) is 1.50. The van der Waals surface area contributed by atoms with Gasteiger partial charge in [-0.05, 0) is 80.4 Å². The fourth-order valence-corrected chi connectivity index (χ4v) is 4.74. The van der Waals surface area contributed by atoms with Gasteiger partial charge in [-0.25, -0.2) is 0 Å².